The summed E-state index contributed by atoms with van der Waals surface area (Å²) >= 11 is 0. The highest BCUT2D eigenvalue weighted by Gasteiger charge is 2.32. The molecular weight excluding hydrogens is 200 g/mol. The van der Waals surface area contributed by atoms with E-state index in [2.05, 4.69) is 5.32 Å². The molecule has 1 amide bonds. The molecule has 2 rings (SSSR count). The topological polar surface area (TPSA) is 55.1 Å². The number of nitrogens with one attached hydrogen (secondary N) is 1. The molecule has 1 aliphatic rings. The van der Waals surface area contributed by atoms with Crippen LogP contribution in [-0.2, 0) is 11.3 Å². The molecule has 0 radical (unpaired) electrons. The van der Waals surface area contributed by atoms with Gasteiger partial charge in [0.2, 0.25) is 5.91 Å². The summed E-state index contributed by atoms with van der Waals surface area (Å²) in [5, 5.41) is 2.94. The number of carbonyl (C=O) groups is 1. The summed E-state index contributed by atoms with van der Waals surface area (Å²) in [6.45, 7) is 2.53. The second-order valence-corrected chi connectivity index (χ2v) is 4.54. The Labute approximate surface area is 96.0 Å². The molecule has 1 aliphatic carbocycles. The highest BCUT2D eigenvalue weighted by atomic mass is 16.1. The molecule has 0 spiro atoms. The van der Waals surface area contributed by atoms with Gasteiger partial charge < -0.3 is 11.1 Å². The molecule has 0 aliphatic heterocycles. The maximum absolute atomic E-state index is 11.8. The molecule has 0 saturated heterocycles. The van der Waals surface area contributed by atoms with Gasteiger partial charge in [0.25, 0.3) is 0 Å². The molecule has 1 aromatic rings. The van der Waals surface area contributed by atoms with E-state index < -0.39 is 0 Å². The lowest BCUT2D eigenvalue weighted by atomic mass is 10.1. The summed E-state index contributed by atoms with van der Waals surface area (Å²) in [5.74, 6) is 0.892. The third-order valence-electron chi connectivity index (χ3n) is 3.25. The number of nitrogen functional groups attached to an aromatic ring is 1. The average Bonchev–Trinajstić information content (AvgIpc) is 3.10. The van der Waals surface area contributed by atoms with Crippen molar-refractivity contribution < 1.29 is 4.79 Å². The Bertz CT molecular complexity index is 385. The van der Waals surface area contributed by atoms with E-state index in [1.165, 1.54) is 12.8 Å². The first kappa shape index (κ1) is 11.0. The van der Waals surface area contributed by atoms with Gasteiger partial charge in [-0.25, -0.2) is 0 Å². The van der Waals surface area contributed by atoms with E-state index in [0.29, 0.717) is 12.5 Å². The summed E-state index contributed by atoms with van der Waals surface area (Å²) in [5.41, 5.74) is 7.53. The number of hydrogen-bond acceptors (Lipinski definition) is 2. The van der Waals surface area contributed by atoms with Gasteiger partial charge in [0, 0.05) is 18.2 Å². The Kier molecular flexibility index (Phi) is 3.13. The van der Waals surface area contributed by atoms with Crippen molar-refractivity contribution in [2.75, 3.05) is 5.73 Å². The van der Waals surface area contributed by atoms with Gasteiger partial charge in [-0.3, -0.25) is 4.79 Å². The Morgan fingerprint density at radius 3 is 2.81 bits per heavy atom. The van der Waals surface area contributed by atoms with Crippen LogP contribution in [0, 0.1) is 11.8 Å². The zero-order valence-electron chi connectivity index (χ0n) is 9.57. The number of para-hydroxylation sites is 1. The van der Waals surface area contributed by atoms with Crippen molar-refractivity contribution in [3.8, 4) is 0 Å². The zero-order valence-corrected chi connectivity index (χ0v) is 9.57. The SMILES string of the molecule is CC(C(=O)NCc1ccccc1N)C1CC1. The number of benzene rings is 1. The minimum absolute atomic E-state index is 0.143. The largest absolute Gasteiger partial charge is 0.398 e. The van der Waals surface area contributed by atoms with Crippen LogP contribution in [0.15, 0.2) is 24.3 Å². The normalized spacial score (nSPS) is 16.8. The standard InChI is InChI=1S/C13H18N2O/c1-9(10-6-7-10)13(16)15-8-11-4-2-3-5-12(11)14/h2-5,9-10H,6-8,14H2,1H3,(H,15,16). The number of anilines is 1. The number of hydrogen-bond donors (Lipinski definition) is 2. The monoisotopic (exact) mass is 218 g/mol. The summed E-state index contributed by atoms with van der Waals surface area (Å²) in [7, 11) is 0. The Morgan fingerprint density at radius 1 is 1.50 bits per heavy atom. The van der Waals surface area contributed by atoms with E-state index in [-0.39, 0.29) is 11.8 Å². The Hall–Kier alpha value is -1.51. The van der Waals surface area contributed by atoms with E-state index in [1.807, 2.05) is 31.2 Å². The molecular formula is C13H18N2O. The van der Waals surface area contributed by atoms with Gasteiger partial charge in [-0.05, 0) is 30.4 Å². The number of amides is 1. The smallest absolute Gasteiger partial charge is 0.223 e. The Balaban J connectivity index is 1.87. The van der Waals surface area contributed by atoms with Crippen LogP contribution < -0.4 is 11.1 Å². The zero-order chi connectivity index (χ0) is 11.5. The third kappa shape index (κ3) is 2.54. The second-order valence-electron chi connectivity index (χ2n) is 4.54. The van der Waals surface area contributed by atoms with Gasteiger partial charge in [-0.2, -0.15) is 0 Å². The van der Waals surface area contributed by atoms with Crippen molar-refractivity contribution in [2.24, 2.45) is 11.8 Å². The first-order valence-electron chi connectivity index (χ1n) is 5.79. The van der Waals surface area contributed by atoms with E-state index in [0.717, 1.165) is 11.3 Å². The highest BCUT2D eigenvalue weighted by Crippen LogP contribution is 2.36. The second kappa shape index (κ2) is 4.56. The van der Waals surface area contributed by atoms with E-state index in [4.69, 9.17) is 5.73 Å². The first-order valence-corrected chi connectivity index (χ1v) is 5.79. The molecule has 1 unspecified atom stereocenters. The molecule has 0 heterocycles. The summed E-state index contributed by atoms with van der Waals surface area (Å²) in [4.78, 5) is 11.8. The van der Waals surface area contributed by atoms with Crippen LogP contribution >= 0.6 is 0 Å². The molecule has 3 N–H and O–H groups in total. The summed E-state index contributed by atoms with van der Waals surface area (Å²) in [6, 6.07) is 7.62. The van der Waals surface area contributed by atoms with E-state index in [9.17, 15) is 4.79 Å². The van der Waals surface area contributed by atoms with Gasteiger partial charge in [0.1, 0.15) is 0 Å². The van der Waals surface area contributed by atoms with Crippen LogP contribution in [0.3, 0.4) is 0 Å². The van der Waals surface area contributed by atoms with E-state index >= 15 is 0 Å². The number of nitrogens with two attached hydrogens (primary N) is 1. The van der Waals surface area contributed by atoms with Gasteiger partial charge >= 0.3 is 0 Å². The predicted octanol–water partition coefficient (Wildman–Crippen LogP) is 1.93. The van der Waals surface area contributed by atoms with E-state index in [1.54, 1.807) is 0 Å². The van der Waals surface area contributed by atoms with Crippen LogP contribution in [0.1, 0.15) is 25.3 Å². The maximum atomic E-state index is 11.8. The van der Waals surface area contributed by atoms with Crippen LogP contribution in [-0.4, -0.2) is 5.91 Å². The summed E-state index contributed by atoms with van der Waals surface area (Å²) in [6.07, 6.45) is 2.39. The third-order valence-corrected chi connectivity index (χ3v) is 3.25. The maximum Gasteiger partial charge on any atom is 0.223 e. The van der Waals surface area contributed by atoms with Crippen LogP contribution in [0.5, 0.6) is 0 Å². The van der Waals surface area contributed by atoms with Crippen LogP contribution in [0.2, 0.25) is 0 Å². The van der Waals surface area contributed by atoms with Crippen LogP contribution in [0.25, 0.3) is 0 Å². The van der Waals surface area contributed by atoms with Gasteiger partial charge in [-0.1, -0.05) is 25.1 Å². The van der Waals surface area contributed by atoms with Crippen molar-refractivity contribution in [3.05, 3.63) is 29.8 Å². The van der Waals surface area contributed by atoms with Crippen molar-refractivity contribution in [1.29, 1.82) is 0 Å². The molecule has 1 saturated carbocycles. The number of rotatable bonds is 4. The lowest BCUT2D eigenvalue weighted by Crippen LogP contribution is -2.29. The van der Waals surface area contributed by atoms with Gasteiger partial charge in [0.05, 0.1) is 0 Å². The average molecular weight is 218 g/mol. The molecule has 16 heavy (non-hydrogen) atoms. The Morgan fingerprint density at radius 2 is 2.19 bits per heavy atom. The minimum Gasteiger partial charge on any atom is -0.398 e. The molecule has 0 aromatic heterocycles. The van der Waals surface area contributed by atoms with Crippen molar-refractivity contribution in [1.82, 2.24) is 5.32 Å². The highest BCUT2D eigenvalue weighted by molar-refractivity contribution is 5.79. The first-order chi connectivity index (χ1) is 7.68. The fourth-order valence-electron chi connectivity index (χ4n) is 1.85. The minimum atomic E-state index is 0.143. The molecule has 3 nitrogen and oxygen atoms in total. The molecule has 86 valence electrons. The van der Waals surface area contributed by atoms with Crippen LogP contribution in [0.4, 0.5) is 5.69 Å². The molecule has 1 aromatic carbocycles. The molecule has 1 atom stereocenters. The fourth-order valence-corrected chi connectivity index (χ4v) is 1.85. The molecule has 1 fully saturated rings. The predicted molar refractivity (Wildman–Crippen MR) is 64.6 cm³/mol. The van der Waals surface area contributed by atoms with Crippen molar-refractivity contribution >= 4 is 11.6 Å². The summed E-state index contributed by atoms with van der Waals surface area (Å²) < 4.78 is 0. The lowest BCUT2D eigenvalue weighted by Gasteiger charge is -2.12. The lowest BCUT2D eigenvalue weighted by molar-refractivity contribution is -0.125. The number of carbonyl (C=O) groups excluding carboxylic acids is 1. The molecule has 3 heteroatoms. The van der Waals surface area contributed by atoms with Crippen molar-refractivity contribution in [3.63, 3.8) is 0 Å². The van der Waals surface area contributed by atoms with Gasteiger partial charge in [-0.15, -0.1) is 0 Å². The molecule has 0 bridgehead atoms. The van der Waals surface area contributed by atoms with Gasteiger partial charge in [0.15, 0.2) is 0 Å². The quantitative estimate of drug-likeness (QED) is 0.759. The fraction of sp³-hybridized carbons (Fsp3) is 0.462. The van der Waals surface area contributed by atoms with Crippen molar-refractivity contribution in [2.45, 2.75) is 26.3 Å².